The van der Waals surface area contributed by atoms with Crippen LogP contribution in [0, 0.1) is 0 Å². The summed E-state index contributed by atoms with van der Waals surface area (Å²) in [5, 5.41) is 17.8. The molecule has 0 unspecified atom stereocenters. The number of hydrogen-bond acceptors (Lipinski definition) is 4. The van der Waals surface area contributed by atoms with Gasteiger partial charge in [0.25, 0.3) is 0 Å². The Balaban J connectivity index is 2.43. The molecular formula is C7H5BrO4. The maximum atomic E-state index is 8.90. The Morgan fingerprint density at radius 1 is 1.17 bits per heavy atom. The highest BCUT2D eigenvalue weighted by Gasteiger charge is 2.37. The minimum absolute atomic E-state index is 0.300. The van der Waals surface area contributed by atoms with E-state index >= 15 is 0 Å². The second-order valence-corrected chi connectivity index (χ2v) is 3.26. The van der Waals surface area contributed by atoms with E-state index in [1.165, 1.54) is 0 Å². The Bertz CT molecular complexity index is 323. The number of hydrogen-bond donors (Lipinski definition) is 2. The van der Waals surface area contributed by atoms with Gasteiger partial charge >= 0.3 is 6.16 Å². The van der Waals surface area contributed by atoms with Gasteiger partial charge in [0.2, 0.25) is 0 Å². The van der Waals surface area contributed by atoms with Gasteiger partial charge in [-0.15, -0.1) is 0 Å². The van der Waals surface area contributed by atoms with Crippen molar-refractivity contribution >= 4 is 15.9 Å². The van der Waals surface area contributed by atoms with Gasteiger partial charge in [-0.25, -0.2) is 0 Å². The molecule has 0 saturated heterocycles. The minimum atomic E-state index is -2.52. The molecular weight excluding hydrogens is 228 g/mol. The van der Waals surface area contributed by atoms with E-state index in [1.54, 1.807) is 18.2 Å². The maximum Gasteiger partial charge on any atom is 0.505 e. The normalized spacial score (nSPS) is 17.9. The fourth-order valence-electron chi connectivity index (χ4n) is 0.953. The summed E-state index contributed by atoms with van der Waals surface area (Å²) in [4.78, 5) is 0. The third-order valence-electron chi connectivity index (χ3n) is 1.39. The molecule has 12 heavy (non-hydrogen) atoms. The van der Waals surface area contributed by atoms with Gasteiger partial charge in [0.15, 0.2) is 11.5 Å². The molecule has 1 aliphatic rings. The smallest absolute Gasteiger partial charge is 0.403 e. The summed E-state index contributed by atoms with van der Waals surface area (Å²) in [5.41, 5.74) is 0. The molecule has 0 spiro atoms. The molecule has 2 rings (SSSR count). The molecule has 0 radical (unpaired) electrons. The molecule has 0 fully saturated rings. The zero-order valence-corrected chi connectivity index (χ0v) is 7.41. The standard InChI is InChI=1S/C7H5BrO4/c8-4-1-2-5-6(3-4)12-7(9,10)11-5/h1-3,9-10H. The highest BCUT2D eigenvalue weighted by molar-refractivity contribution is 9.10. The van der Waals surface area contributed by atoms with Crippen molar-refractivity contribution in [3.63, 3.8) is 0 Å². The van der Waals surface area contributed by atoms with Crippen molar-refractivity contribution < 1.29 is 19.7 Å². The van der Waals surface area contributed by atoms with E-state index in [9.17, 15) is 0 Å². The first-order valence-electron chi connectivity index (χ1n) is 3.19. The van der Waals surface area contributed by atoms with Gasteiger partial charge in [-0.1, -0.05) is 15.9 Å². The van der Waals surface area contributed by atoms with Gasteiger partial charge in [0, 0.05) is 4.47 Å². The summed E-state index contributed by atoms with van der Waals surface area (Å²) < 4.78 is 10.0. The molecule has 64 valence electrons. The van der Waals surface area contributed by atoms with E-state index in [-0.39, 0.29) is 0 Å². The number of rotatable bonds is 0. The van der Waals surface area contributed by atoms with Crippen LogP contribution in [0.4, 0.5) is 0 Å². The molecule has 1 aromatic carbocycles. The lowest BCUT2D eigenvalue weighted by Gasteiger charge is -2.10. The van der Waals surface area contributed by atoms with Crippen molar-refractivity contribution in [2.45, 2.75) is 6.16 Å². The van der Waals surface area contributed by atoms with Crippen LogP contribution in [0.5, 0.6) is 11.5 Å². The van der Waals surface area contributed by atoms with Crippen LogP contribution in [0.1, 0.15) is 0 Å². The van der Waals surface area contributed by atoms with Crippen molar-refractivity contribution in [2.24, 2.45) is 0 Å². The van der Waals surface area contributed by atoms with Crippen molar-refractivity contribution in [1.29, 1.82) is 0 Å². The van der Waals surface area contributed by atoms with Crippen molar-refractivity contribution in [3.05, 3.63) is 22.7 Å². The topological polar surface area (TPSA) is 58.9 Å². The van der Waals surface area contributed by atoms with Crippen LogP contribution in [0.15, 0.2) is 22.7 Å². The minimum Gasteiger partial charge on any atom is -0.403 e. The third-order valence-corrected chi connectivity index (χ3v) is 1.88. The van der Waals surface area contributed by atoms with Crippen molar-refractivity contribution in [3.8, 4) is 11.5 Å². The summed E-state index contributed by atoms with van der Waals surface area (Å²) in [6.45, 7) is 0. The maximum absolute atomic E-state index is 8.90. The molecule has 0 amide bonds. The van der Waals surface area contributed by atoms with Gasteiger partial charge in [-0.05, 0) is 18.2 Å². The van der Waals surface area contributed by atoms with E-state index in [0.29, 0.717) is 11.5 Å². The van der Waals surface area contributed by atoms with Gasteiger partial charge in [-0.3, -0.25) is 10.2 Å². The van der Waals surface area contributed by atoms with Gasteiger partial charge < -0.3 is 9.47 Å². The number of benzene rings is 1. The third kappa shape index (κ3) is 1.26. The Morgan fingerprint density at radius 3 is 2.58 bits per heavy atom. The van der Waals surface area contributed by atoms with Crippen LogP contribution in [-0.2, 0) is 0 Å². The van der Waals surface area contributed by atoms with Crippen LogP contribution < -0.4 is 9.47 Å². The van der Waals surface area contributed by atoms with Crippen molar-refractivity contribution in [1.82, 2.24) is 0 Å². The Hall–Kier alpha value is -0.780. The summed E-state index contributed by atoms with van der Waals surface area (Å²) in [6, 6.07) is 4.88. The monoisotopic (exact) mass is 232 g/mol. The Kier molecular flexibility index (Phi) is 1.54. The first kappa shape index (κ1) is 7.85. The van der Waals surface area contributed by atoms with Gasteiger partial charge in [0.05, 0.1) is 0 Å². The molecule has 0 atom stereocenters. The summed E-state index contributed by atoms with van der Waals surface area (Å²) in [5.74, 6) is 0.609. The van der Waals surface area contributed by atoms with Gasteiger partial charge in [-0.2, -0.15) is 0 Å². The summed E-state index contributed by atoms with van der Waals surface area (Å²) >= 11 is 3.20. The average molecular weight is 233 g/mol. The van der Waals surface area contributed by atoms with Crippen LogP contribution >= 0.6 is 15.9 Å². The lowest BCUT2D eigenvalue weighted by atomic mass is 10.3. The van der Waals surface area contributed by atoms with Crippen molar-refractivity contribution in [2.75, 3.05) is 0 Å². The van der Waals surface area contributed by atoms with Gasteiger partial charge in [0.1, 0.15) is 0 Å². The van der Waals surface area contributed by atoms with Crippen LogP contribution in [0.25, 0.3) is 0 Å². The number of fused-ring (bicyclic) bond motifs is 1. The van der Waals surface area contributed by atoms with E-state index < -0.39 is 6.16 Å². The highest BCUT2D eigenvalue weighted by atomic mass is 79.9. The van der Waals surface area contributed by atoms with Crippen LogP contribution in [0.3, 0.4) is 0 Å². The van der Waals surface area contributed by atoms with Crippen LogP contribution in [0.2, 0.25) is 0 Å². The fraction of sp³-hybridized carbons (Fsp3) is 0.143. The molecule has 0 aliphatic carbocycles. The largest absolute Gasteiger partial charge is 0.505 e. The molecule has 4 nitrogen and oxygen atoms in total. The van der Waals surface area contributed by atoms with E-state index in [1.807, 2.05) is 0 Å². The van der Waals surface area contributed by atoms with E-state index in [0.717, 1.165) is 4.47 Å². The number of aliphatic hydroxyl groups is 2. The predicted octanol–water partition coefficient (Wildman–Crippen LogP) is 0.816. The van der Waals surface area contributed by atoms with E-state index in [4.69, 9.17) is 10.2 Å². The lowest BCUT2D eigenvalue weighted by Crippen LogP contribution is -2.37. The summed E-state index contributed by atoms with van der Waals surface area (Å²) in [6.07, 6.45) is -2.52. The second-order valence-electron chi connectivity index (χ2n) is 2.34. The summed E-state index contributed by atoms with van der Waals surface area (Å²) in [7, 11) is 0. The molecule has 1 heterocycles. The fourth-order valence-corrected chi connectivity index (χ4v) is 1.29. The average Bonchev–Trinajstić information content (AvgIpc) is 2.21. The zero-order chi connectivity index (χ0) is 8.77. The SMILES string of the molecule is OC1(O)Oc2ccc(Br)cc2O1. The Labute approximate surface area is 76.5 Å². The second kappa shape index (κ2) is 2.35. The molecule has 0 saturated carbocycles. The Morgan fingerprint density at radius 2 is 1.83 bits per heavy atom. The zero-order valence-electron chi connectivity index (χ0n) is 5.82. The number of ether oxygens (including phenoxy) is 2. The molecule has 1 aromatic rings. The number of halogens is 1. The predicted molar refractivity (Wildman–Crippen MR) is 42.6 cm³/mol. The molecule has 2 N–H and O–H groups in total. The first-order valence-corrected chi connectivity index (χ1v) is 3.98. The van der Waals surface area contributed by atoms with E-state index in [2.05, 4.69) is 25.4 Å². The highest BCUT2D eigenvalue weighted by Crippen LogP contribution is 2.38. The first-order chi connectivity index (χ1) is 5.57. The lowest BCUT2D eigenvalue weighted by molar-refractivity contribution is -0.385. The van der Waals surface area contributed by atoms with Crippen LogP contribution in [-0.4, -0.2) is 16.4 Å². The molecule has 5 heteroatoms. The molecule has 1 aliphatic heterocycles. The molecule has 0 bridgehead atoms. The quantitative estimate of drug-likeness (QED) is 0.651. The molecule has 0 aromatic heterocycles.